The van der Waals surface area contributed by atoms with Gasteiger partial charge in [-0.15, -0.1) is 10.2 Å². The largest absolute Gasteiger partial charge is 0.477 e. The topological polar surface area (TPSA) is 81.9 Å². The number of fused-ring (bicyclic) bond motifs is 1. The van der Waals surface area contributed by atoms with E-state index in [0.29, 0.717) is 18.0 Å². The van der Waals surface area contributed by atoms with Crippen molar-refractivity contribution in [2.45, 2.75) is 39.2 Å². The molecule has 2 aromatic heterocycles. The molecule has 0 unspecified atom stereocenters. The van der Waals surface area contributed by atoms with Crippen molar-refractivity contribution < 1.29 is 13.9 Å². The SMILES string of the molecule is CCOc1ncccc1C(=O)Nc1cc(-c2nnc3n2CCCCC3)ccc1F. The van der Waals surface area contributed by atoms with Crippen molar-refractivity contribution in [1.82, 2.24) is 19.7 Å². The number of anilines is 1. The maximum atomic E-state index is 14.4. The lowest BCUT2D eigenvalue weighted by Crippen LogP contribution is -2.15. The van der Waals surface area contributed by atoms with Gasteiger partial charge < -0.3 is 14.6 Å². The lowest BCUT2D eigenvalue weighted by Gasteiger charge is -2.12. The lowest BCUT2D eigenvalue weighted by atomic mass is 10.1. The maximum Gasteiger partial charge on any atom is 0.261 e. The standard InChI is InChI=1S/C21H22FN5O2/c1-2-29-21-15(7-6-11-23-21)20(28)24-17-13-14(9-10-16(17)22)19-26-25-18-8-4-3-5-12-27(18)19/h6-7,9-11,13H,2-5,8,12H2,1H3,(H,24,28). The van der Waals surface area contributed by atoms with E-state index in [0.717, 1.165) is 38.1 Å². The summed E-state index contributed by atoms with van der Waals surface area (Å²) >= 11 is 0. The monoisotopic (exact) mass is 395 g/mol. The molecule has 1 amide bonds. The number of benzene rings is 1. The number of carbonyl (C=O) groups excluding carboxylic acids is 1. The predicted octanol–water partition coefficient (Wildman–Crippen LogP) is 3.86. The summed E-state index contributed by atoms with van der Waals surface area (Å²) in [6.07, 6.45) is 5.74. The van der Waals surface area contributed by atoms with Crippen molar-refractivity contribution in [2.75, 3.05) is 11.9 Å². The summed E-state index contributed by atoms with van der Waals surface area (Å²) in [5, 5.41) is 11.2. The van der Waals surface area contributed by atoms with Crippen LogP contribution in [0.2, 0.25) is 0 Å². The number of aryl methyl sites for hydroxylation is 1. The lowest BCUT2D eigenvalue weighted by molar-refractivity contribution is 0.102. The van der Waals surface area contributed by atoms with Crippen LogP contribution in [-0.2, 0) is 13.0 Å². The average Bonchev–Trinajstić information content (AvgIpc) is 2.98. The Morgan fingerprint density at radius 1 is 1.24 bits per heavy atom. The van der Waals surface area contributed by atoms with E-state index in [1.165, 1.54) is 6.07 Å². The minimum atomic E-state index is -0.528. The molecule has 3 heterocycles. The van der Waals surface area contributed by atoms with Crippen LogP contribution in [-0.4, -0.2) is 32.3 Å². The molecule has 8 heteroatoms. The first-order chi connectivity index (χ1) is 14.2. The molecule has 7 nitrogen and oxygen atoms in total. The van der Waals surface area contributed by atoms with E-state index in [9.17, 15) is 9.18 Å². The van der Waals surface area contributed by atoms with Gasteiger partial charge >= 0.3 is 0 Å². The average molecular weight is 395 g/mol. The first-order valence-corrected chi connectivity index (χ1v) is 9.78. The molecule has 0 radical (unpaired) electrons. The Kier molecular flexibility index (Phi) is 5.50. The zero-order valence-electron chi connectivity index (χ0n) is 16.2. The van der Waals surface area contributed by atoms with Gasteiger partial charge in [0.15, 0.2) is 5.82 Å². The zero-order chi connectivity index (χ0) is 20.2. The van der Waals surface area contributed by atoms with Gasteiger partial charge in [-0.1, -0.05) is 6.42 Å². The van der Waals surface area contributed by atoms with E-state index >= 15 is 0 Å². The second-order valence-electron chi connectivity index (χ2n) is 6.84. The second-order valence-corrected chi connectivity index (χ2v) is 6.84. The molecule has 0 fully saturated rings. The molecule has 1 aliphatic heterocycles. The van der Waals surface area contributed by atoms with E-state index in [1.54, 1.807) is 37.4 Å². The van der Waals surface area contributed by atoms with Crippen LogP contribution in [0, 0.1) is 5.82 Å². The normalized spacial score (nSPS) is 13.4. The van der Waals surface area contributed by atoms with Crippen molar-refractivity contribution in [3.05, 3.63) is 53.7 Å². The third-order valence-corrected chi connectivity index (χ3v) is 4.88. The third kappa shape index (κ3) is 3.96. The number of halogens is 1. The van der Waals surface area contributed by atoms with Gasteiger partial charge in [0.2, 0.25) is 5.88 Å². The fourth-order valence-electron chi connectivity index (χ4n) is 3.46. The van der Waals surface area contributed by atoms with E-state index in [1.807, 2.05) is 0 Å². The van der Waals surface area contributed by atoms with Crippen molar-refractivity contribution in [2.24, 2.45) is 0 Å². The molecule has 0 aliphatic carbocycles. The number of rotatable bonds is 5. The number of ether oxygens (including phenoxy) is 1. The molecule has 4 rings (SSSR count). The molecular weight excluding hydrogens is 373 g/mol. The zero-order valence-corrected chi connectivity index (χ0v) is 16.2. The van der Waals surface area contributed by atoms with Crippen LogP contribution in [0.15, 0.2) is 36.5 Å². The van der Waals surface area contributed by atoms with Crippen LogP contribution in [0.25, 0.3) is 11.4 Å². The fraction of sp³-hybridized carbons (Fsp3) is 0.333. The fourth-order valence-corrected chi connectivity index (χ4v) is 3.46. The molecule has 0 spiro atoms. The van der Waals surface area contributed by atoms with Gasteiger partial charge in [-0.3, -0.25) is 4.79 Å². The van der Waals surface area contributed by atoms with Crippen LogP contribution >= 0.6 is 0 Å². The third-order valence-electron chi connectivity index (χ3n) is 4.88. The van der Waals surface area contributed by atoms with Crippen LogP contribution in [0.3, 0.4) is 0 Å². The summed E-state index contributed by atoms with van der Waals surface area (Å²) in [7, 11) is 0. The molecule has 0 atom stereocenters. The van der Waals surface area contributed by atoms with Crippen LogP contribution < -0.4 is 10.1 Å². The predicted molar refractivity (Wildman–Crippen MR) is 106 cm³/mol. The molecule has 1 aromatic carbocycles. The van der Waals surface area contributed by atoms with Crippen molar-refractivity contribution in [1.29, 1.82) is 0 Å². The number of nitrogens with one attached hydrogen (secondary N) is 1. The minimum absolute atomic E-state index is 0.0739. The Balaban J connectivity index is 1.63. The smallest absolute Gasteiger partial charge is 0.261 e. The Hall–Kier alpha value is -3.29. The van der Waals surface area contributed by atoms with Gasteiger partial charge in [-0.2, -0.15) is 0 Å². The number of nitrogens with zero attached hydrogens (tertiary/aromatic N) is 4. The molecule has 3 aromatic rings. The number of hydrogen-bond donors (Lipinski definition) is 1. The van der Waals surface area contributed by atoms with Crippen molar-refractivity contribution in [3.63, 3.8) is 0 Å². The molecule has 0 saturated carbocycles. The summed E-state index contributed by atoms with van der Waals surface area (Å²) in [5.74, 6) is 0.835. The Morgan fingerprint density at radius 3 is 3.00 bits per heavy atom. The van der Waals surface area contributed by atoms with E-state index in [4.69, 9.17) is 4.74 Å². The molecule has 1 aliphatic rings. The van der Waals surface area contributed by atoms with Gasteiger partial charge in [0.25, 0.3) is 5.91 Å². The van der Waals surface area contributed by atoms with Crippen molar-refractivity contribution >= 4 is 11.6 Å². The second kappa shape index (κ2) is 8.38. The number of amides is 1. The summed E-state index contributed by atoms with van der Waals surface area (Å²) in [4.78, 5) is 16.8. The van der Waals surface area contributed by atoms with Crippen LogP contribution in [0.5, 0.6) is 5.88 Å². The highest BCUT2D eigenvalue weighted by Crippen LogP contribution is 2.27. The molecule has 1 N–H and O–H groups in total. The Bertz CT molecular complexity index is 1030. The molecular formula is C21H22FN5O2. The number of carbonyl (C=O) groups is 1. The quantitative estimate of drug-likeness (QED) is 0.709. The Labute approximate surface area is 167 Å². The highest BCUT2D eigenvalue weighted by atomic mass is 19.1. The van der Waals surface area contributed by atoms with Gasteiger partial charge in [0.05, 0.1) is 12.3 Å². The van der Waals surface area contributed by atoms with Gasteiger partial charge in [0.1, 0.15) is 17.2 Å². The van der Waals surface area contributed by atoms with Gasteiger partial charge in [-0.05, 0) is 50.1 Å². The van der Waals surface area contributed by atoms with Crippen molar-refractivity contribution in [3.8, 4) is 17.3 Å². The summed E-state index contributed by atoms with van der Waals surface area (Å²) in [5.41, 5.74) is 1.03. The van der Waals surface area contributed by atoms with Gasteiger partial charge in [0, 0.05) is 24.7 Å². The number of aromatic nitrogens is 4. The number of pyridine rings is 1. The van der Waals surface area contributed by atoms with Crippen LogP contribution in [0.4, 0.5) is 10.1 Å². The van der Waals surface area contributed by atoms with Gasteiger partial charge in [-0.25, -0.2) is 9.37 Å². The van der Waals surface area contributed by atoms with E-state index in [2.05, 4.69) is 25.1 Å². The Morgan fingerprint density at radius 2 is 2.14 bits per heavy atom. The summed E-state index contributed by atoms with van der Waals surface area (Å²) < 4.78 is 21.9. The number of hydrogen-bond acceptors (Lipinski definition) is 5. The highest BCUT2D eigenvalue weighted by molar-refractivity contribution is 6.06. The molecule has 0 saturated heterocycles. The molecule has 150 valence electrons. The highest BCUT2D eigenvalue weighted by Gasteiger charge is 2.19. The summed E-state index contributed by atoms with van der Waals surface area (Å²) in [6.45, 7) is 3.02. The molecule has 29 heavy (non-hydrogen) atoms. The van der Waals surface area contributed by atoms with E-state index in [-0.39, 0.29) is 17.1 Å². The first kappa shape index (κ1) is 19.0. The first-order valence-electron chi connectivity index (χ1n) is 9.78. The van der Waals surface area contributed by atoms with Crippen LogP contribution in [0.1, 0.15) is 42.4 Å². The summed E-state index contributed by atoms with van der Waals surface area (Å²) in [6, 6.07) is 7.80. The van der Waals surface area contributed by atoms with E-state index < -0.39 is 11.7 Å². The minimum Gasteiger partial charge on any atom is -0.477 e. The maximum absolute atomic E-state index is 14.4. The molecule has 0 bridgehead atoms.